The van der Waals surface area contributed by atoms with Crippen molar-refractivity contribution in [2.45, 2.75) is 77.4 Å². The maximum atomic E-state index is 2.59. The fourth-order valence-corrected chi connectivity index (χ4v) is 25.9. The number of allylic oxidation sites excluding steroid dienone is 5. The minimum atomic E-state index is -1.65. The molecule has 2 aromatic carbocycles. The van der Waals surface area contributed by atoms with E-state index >= 15 is 0 Å². The van der Waals surface area contributed by atoms with Crippen molar-refractivity contribution in [3.8, 4) is 0 Å². The zero-order chi connectivity index (χ0) is 22.5. The molecule has 4 heteroatoms. The van der Waals surface area contributed by atoms with Crippen LogP contribution in [0.5, 0.6) is 0 Å². The third kappa shape index (κ3) is 6.63. The average molecular weight is 580 g/mol. The Kier molecular flexibility index (Phi) is 13.2. The molecule has 0 N–H and O–H groups in total. The van der Waals surface area contributed by atoms with Crippen LogP contribution in [0.4, 0.5) is 0 Å². The summed E-state index contributed by atoms with van der Waals surface area (Å²) in [6, 6.07) is 13.7. The van der Waals surface area contributed by atoms with Crippen LogP contribution in [0.1, 0.15) is 82.0 Å². The van der Waals surface area contributed by atoms with Crippen molar-refractivity contribution in [1.82, 2.24) is 0 Å². The van der Waals surface area contributed by atoms with Gasteiger partial charge in [0.25, 0.3) is 0 Å². The molecule has 0 spiro atoms. The standard InChI is InChI=1S/C14H11.C8H11.C6H14.CH5Si.2ClH.Zr/c1-10-8-12-7-6-11-4-2-3-5-13(11)14(12)9-10;1-6-4-7(2)8(3)5-6;1-3-5-6-4-2;1-2;;;/h2-9H,1H3;4,6H,1-3H3;3-6H2,1-2H3;2H2,1H3;2*1H;/q;;;;;;+2/p-2. The van der Waals surface area contributed by atoms with E-state index in [0.717, 1.165) is 3.63 Å². The molecule has 33 heavy (non-hydrogen) atoms. The first-order chi connectivity index (χ1) is 14.9. The van der Waals surface area contributed by atoms with Crippen LogP contribution < -0.4 is 24.8 Å². The maximum Gasteiger partial charge on any atom is -1.00 e. The predicted molar refractivity (Wildman–Crippen MR) is 140 cm³/mol. The van der Waals surface area contributed by atoms with E-state index in [-0.39, 0.29) is 31.5 Å². The maximum absolute atomic E-state index is 2.59. The molecule has 2 unspecified atom stereocenters. The van der Waals surface area contributed by atoms with E-state index < -0.39 is 20.9 Å². The Bertz CT molecular complexity index is 1020. The Morgan fingerprint density at radius 1 is 0.909 bits per heavy atom. The van der Waals surface area contributed by atoms with Crippen LogP contribution in [-0.2, 0) is 20.9 Å². The van der Waals surface area contributed by atoms with Crippen LogP contribution in [0.3, 0.4) is 0 Å². The summed E-state index contributed by atoms with van der Waals surface area (Å²) in [5, 5.41) is 2.83. The van der Waals surface area contributed by atoms with Crippen LogP contribution >= 0.6 is 0 Å². The molecule has 179 valence electrons. The van der Waals surface area contributed by atoms with Crippen molar-refractivity contribution in [3.05, 3.63) is 73.6 Å². The van der Waals surface area contributed by atoms with Gasteiger partial charge in [-0.3, -0.25) is 0 Å². The molecule has 0 bridgehead atoms. The molecule has 4 rings (SSSR count). The van der Waals surface area contributed by atoms with Crippen molar-refractivity contribution in [1.29, 1.82) is 0 Å². The summed E-state index contributed by atoms with van der Waals surface area (Å²) in [5.41, 5.74) is 8.01. The molecule has 0 radical (unpaired) electrons. The van der Waals surface area contributed by atoms with Crippen molar-refractivity contribution < 1.29 is 45.7 Å². The van der Waals surface area contributed by atoms with Crippen LogP contribution in [0.2, 0.25) is 6.55 Å². The van der Waals surface area contributed by atoms with E-state index in [9.17, 15) is 0 Å². The van der Waals surface area contributed by atoms with Crippen LogP contribution in [0.15, 0.2) is 62.5 Å². The molecule has 0 nitrogen and oxygen atoms in total. The van der Waals surface area contributed by atoms with Crippen molar-refractivity contribution in [3.63, 3.8) is 0 Å². The Balaban J connectivity index is 0.000000608. The van der Waals surface area contributed by atoms with Gasteiger partial charge in [-0.2, -0.15) is 0 Å². The van der Waals surface area contributed by atoms with Crippen LogP contribution in [-0.4, -0.2) is 6.65 Å². The van der Waals surface area contributed by atoms with Gasteiger partial charge in [-0.25, -0.2) is 0 Å². The number of benzene rings is 2. The van der Waals surface area contributed by atoms with Gasteiger partial charge in [0, 0.05) is 0 Å². The third-order valence-electron chi connectivity index (χ3n) is 7.13. The zero-order valence-corrected chi connectivity index (χ0v) is 26.9. The third-order valence-corrected chi connectivity index (χ3v) is 25.5. The summed E-state index contributed by atoms with van der Waals surface area (Å²) in [4.78, 5) is 0. The van der Waals surface area contributed by atoms with Crippen LogP contribution in [0.25, 0.3) is 16.8 Å². The molecule has 0 amide bonds. The van der Waals surface area contributed by atoms with Gasteiger partial charge < -0.3 is 24.8 Å². The Hall–Kier alpha value is -0.400. The predicted octanol–water partition coefficient (Wildman–Crippen LogP) is 2.51. The average Bonchev–Trinajstić information content (AvgIpc) is 3.24. The van der Waals surface area contributed by atoms with Gasteiger partial charge >= 0.3 is 162 Å². The molecule has 0 aromatic heterocycles. The summed E-state index contributed by atoms with van der Waals surface area (Å²) >= 11 is -1.65. The molecule has 2 aliphatic carbocycles. The zero-order valence-electron chi connectivity index (χ0n) is 21.6. The molecular weight excluding hydrogens is 539 g/mol. The van der Waals surface area contributed by atoms with Gasteiger partial charge in [0.05, 0.1) is 0 Å². The van der Waals surface area contributed by atoms with Gasteiger partial charge in [-0.05, 0) is 0 Å². The number of hydrogen-bond acceptors (Lipinski definition) is 0. The Morgan fingerprint density at radius 3 is 2.09 bits per heavy atom. The molecular formula is C29H41Cl2SiZr. The van der Waals surface area contributed by atoms with E-state index in [1.807, 2.05) is 3.28 Å². The number of fused-ring (bicyclic) bond motifs is 3. The molecule has 2 aromatic rings. The Labute approximate surface area is 224 Å². The number of hydrogen-bond donors (Lipinski definition) is 0. The minimum absolute atomic E-state index is 0. The number of rotatable bonds is 6. The first kappa shape index (κ1) is 30.6. The van der Waals surface area contributed by atoms with Gasteiger partial charge in [0.2, 0.25) is 0 Å². The summed E-state index contributed by atoms with van der Waals surface area (Å²) < 4.78 is 2.71. The molecule has 0 saturated heterocycles. The summed E-state index contributed by atoms with van der Waals surface area (Å²) in [6.45, 7) is 16.6. The first-order valence-electron chi connectivity index (χ1n) is 12.4. The smallest absolute Gasteiger partial charge is 1.00 e. The fourth-order valence-electron chi connectivity index (χ4n) is 5.46. The van der Waals surface area contributed by atoms with E-state index in [0.29, 0.717) is 5.92 Å². The van der Waals surface area contributed by atoms with E-state index in [1.165, 1.54) is 42.0 Å². The van der Waals surface area contributed by atoms with Crippen molar-refractivity contribution in [2.75, 3.05) is 0 Å². The largest absolute Gasteiger partial charge is 1.00 e. The molecule has 0 heterocycles. The minimum Gasteiger partial charge on any atom is -1.00 e. The summed E-state index contributed by atoms with van der Waals surface area (Å²) in [7, 11) is 0. The van der Waals surface area contributed by atoms with E-state index in [2.05, 4.69) is 96.6 Å². The number of halogens is 2. The fraction of sp³-hybridized carbons (Fsp3) is 0.448. The molecule has 0 aliphatic heterocycles. The van der Waals surface area contributed by atoms with Gasteiger partial charge in [0.15, 0.2) is 0 Å². The molecule has 0 saturated carbocycles. The van der Waals surface area contributed by atoms with Gasteiger partial charge in [-0.1, -0.05) is 39.5 Å². The second kappa shape index (κ2) is 14.2. The van der Waals surface area contributed by atoms with Crippen molar-refractivity contribution >= 4 is 23.5 Å². The van der Waals surface area contributed by atoms with E-state index in [1.54, 1.807) is 22.3 Å². The summed E-state index contributed by atoms with van der Waals surface area (Å²) in [5.74, 6) is 0.694. The SMILES string of the molecule is CCCCCC.C[SiH2][Zr+2]([C]1=C(C)C(C)=CC1C)[CH]1C(C)=Cc2c1ccc1ccccc21.[Cl-].[Cl-]. The summed E-state index contributed by atoms with van der Waals surface area (Å²) in [6.07, 6.45) is 10.6. The van der Waals surface area contributed by atoms with Gasteiger partial charge in [0.1, 0.15) is 0 Å². The normalized spacial score (nSPS) is 18.9. The molecule has 0 fully saturated rings. The second-order valence-electron chi connectivity index (χ2n) is 9.37. The topological polar surface area (TPSA) is 0 Å². The van der Waals surface area contributed by atoms with E-state index in [4.69, 9.17) is 0 Å². The molecule has 2 aliphatic rings. The van der Waals surface area contributed by atoms with Crippen molar-refractivity contribution in [2.24, 2.45) is 5.92 Å². The quantitative estimate of drug-likeness (QED) is 0.365. The molecule has 2 atom stereocenters. The second-order valence-corrected chi connectivity index (χ2v) is 25.1. The number of unbranched alkanes of at least 4 members (excludes halogenated alkanes) is 3. The van der Waals surface area contributed by atoms with Gasteiger partial charge in [-0.15, -0.1) is 0 Å². The Morgan fingerprint density at radius 2 is 1.55 bits per heavy atom. The monoisotopic (exact) mass is 577 g/mol. The van der Waals surface area contributed by atoms with Crippen LogP contribution in [0, 0.1) is 5.92 Å². The first-order valence-corrected chi connectivity index (χ1v) is 22.4.